The van der Waals surface area contributed by atoms with Crippen molar-refractivity contribution in [1.29, 1.82) is 0 Å². The first-order chi connectivity index (χ1) is 5.74. The Labute approximate surface area is 81.5 Å². The van der Waals surface area contributed by atoms with Crippen LogP contribution in [0.5, 0.6) is 0 Å². The van der Waals surface area contributed by atoms with Crippen molar-refractivity contribution in [3.63, 3.8) is 0 Å². The monoisotopic (exact) mass is 186 g/mol. The second-order valence-corrected chi connectivity index (χ2v) is 5.55. The summed E-state index contributed by atoms with van der Waals surface area (Å²) in [7, 11) is 0. The molecule has 0 nitrogen and oxygen atoms in total. The molecule has 0 aliphatic carbocycles. The van der Waals surface area contributed by atoms with Gasteiger partial charge in [0.1, 0.15) is 0 Å². The van der Waals surface area contributed by atoms with Gasteiger partial charge in [0.15, 0.2) is 0 Å². The van der Waals surface area contributed by atoms with E-state index >= 15 is 0 Å². The minimum atomic E-state index is 0.896. The molecule has 0 spiro atoms. The Morgan fingerprint density at radius 3 is 2.50 bits per heavy atom. The highest BCUT2D eigenvalue weighted by molar-refractivity contribution is 7.99. The molecular formula is C11H22S. The zero-order chi connectivity index (χ0) is 8.97. The van der Waals surface area contributed by atoms with E-state index in [2.05, 4.69) is 32.5 Å². The van der Waals surface area contributed by atoms with Crippen LogP contribution in [-0.4, -0.2) is 11.5 Å². The fourth-order valence-electron chi connectivity index (χ4n) is 2.20. The second kappa shape index (κ2) is 5.16. The predicted molar refractivity (Wildman–Crippen MR) is 58.7 cm³/mol. The number of thioether (sulfide) groups is 1. The molecule has 0 saturated carbocycles. The first kappa shape index (κ1) is 10.4. The van der Waals surface area contributed by atoms with Crippen molar-refractivity contribution >= 4 is 11.8 Å². The molecule has 72 valence electrons. The summed E-state index contributed by atoms with van der Waals surface area (Å²) in [6, 6.07) is 0. The van der Waals surface area contributed by atoms with E-state index in [1.807, 2.05) is 0 Å². The van der Waals surface area contributed by atoms with E-state index in [-0.39, 0.29) is 0 Å². The smallest absolute Gasteiger partial charge is 0.00360 e. The molecule has 2 unspecified atom stereocenters. The van der Waals surface area contributed by atoms with Crippen molar-refractivity contribution in [2.75, 3.05) is 11.5 Å². The zero-order valence-corrected chi connectivity index (χ0v) is 9.49. The Balaban J connectivity index is 2.30. The van der Waals surface area contributed by atoms with Crippen LogP contribution in [0.2, 0.25) is 0 Å². The van der Waals surface area contributed by atoms with E-state index in [1.54, 1.807) is 0 Å². The van der Waals surface area contributed by atoms with Crippen LogP contribution in [0.15, 0.2) is 0 Å². The Hall–Kier alpha value is 0.350. The average Bonchev–Trinajstić information content (AvgIpc) is 2.37. The SMILES string of the molecule is CCCC1CSCC1CC(C)C. The third-order valence-electron chi connectivity index (χ3n) is 2.76. The summed E-state index contributed by atoms with van der Waals surface area (Å²) >= 11 is 2.17. The standard InChI is InChI=1S/C11H22S/c1-4-5-10-7-12-8-11(10)6-9(2)3/h9-11H,4-8H2,1-3H3. The Morgan fingerprint density at radius 2 is 1.92 bits per heavy atom. The van der Waals surface area contributed by atoms with Crippen LogP contribution in [0, 0.1) is 17.8 Å². The van der Waals surface area contributed by atoms with Gasteiger partial charge in [-0.2, -0.15) is 11.8 Å². The van der Waals surface area contributed by atoms with Gasteiger partial charge in [0.05, 0.1) is 0 Å². The Kier molecular flexibility index (Phi) is 4.49. The molecule has 1 aliphatic heterocycles. The summed E-state index contributed by atoms with van der Waals surface area (Å²) in [5.74, 6) is 5.85. The fraction of sp³-hybridized carbons (Fsp3) is 1.00. The molecule has 0 radical (unpaired) electrons. The molecule has 1 heterocycles. The molecule has 1 saturated heterocycles. The maximum atomic E-state index is 2.35. The van der Waals surface area contributed by atoms with Gasteiger partial charge in [0.25, 0.3) is 0 Å². The first-order valence-electron chi connectivity index (χ1n) is 5.31. The minimum Gasteiger partial charge on any atom is -0.161 e. The van der Waals surface area contributed by atoms with Gasteiger partial charge in [0, 0.05) is 0 Å². The number of rotatable bonds is 4. The van der Waals surface area contributed by atoms with Crippen molar-refractivity contribution in [2.24, 2.45) is 17.8 Å². The molecule has 1 fully saturated rings. The predicted octanol–water partition coefficient (Wildman–Crippen LogP) is 3.81. The van der Waals surface area contributed by atoms with E-state index in [1.165, 1.54) is 30.8 Å². The molecule has 1 rings (SSSR count). The van der Waals surface area contributed by atoms with E-state index in [0.717, 1.165) is 17.8 Å². The fourth-order valence-corrected chi connectivity index (χ4v) is 3.79. The highest BCUT2D eigenvalue weighted by Crippen LogP contribution is 2.36. The van der Waals surface area contributed by atoms with Crippen LogP contribution in [0.3, 0.4) is 0 Å². The van der Waals surface area contributed by atoms with Crippen molar-refractivity contribution in [3.8, 4) is 0 Å². The van der Waals surface area contributed by atoms with E-state index < -0.39 is 0 Å². The van der Waals surface area contributed by atoms with Gasteiger partial charge in [-0.25, -0.2) is 0 Å². The van der Waals surface area contributed by atoms with Crippen LogP contribution in [0.25, 0.3) is 0 Å². The highest BCUT2D eigenvalue weighted by atomic mass is 32.2. The van der Waals surface area contributed by atoms with Crippen molar-refractivity contribution in [3.05, 3.63) is 0 Å². The van der Waals surface area contributed by atoms with Gasteiger partial charge >= 0.3 is 0 Å². The summed E-state index contributed by atoms with van der Waals surface area (Å²) in [6.07, 6.45) is 4.29. The van der Waals surface area contributed by atoms with Crippen molar-refractivity contribution in [2.45, 2.75) is 40.0 Å². The summed E-state index contributed by atoms with van der Waals surface area (Å²) in [4.78, 5) is 0. The second-order valence-electron chi connectivity index (χ2n) is 4.48. The molecule has 2 atom stereocenters. The molecule has 0 aromatic rings. The third-order valence-corrected chi connectivity index (χ3v) is 4.09. The molecule has 0 aromatic heterocycles. The Bertz CT molecular complexity index is 120. The summed E-state index contributed by atoms with van der Waals surface area (Å²) in [5, 5.41) is 0. The molecule has 0 N–H and O–H groups in total. The van der Waals surface area contributed by atoms with Crippen LogP contribution < -0.4 is 0 Å². The third kappa shape index (κ3) is 3.01. The normalized spacial score (nSPS) is 30.0. The lowest BCUT2D eigenvalue weighted by molar-refractivity contribution is 0.330. The largest absolute Gasteiger partial charge is 0.161 e. The van der Waals surface area contributed by atoms with Gasteiger partial charge in [-0.15, -0.1) is 0 Å². The van der Waals surface area contributed by atoms with Gasteiger partial charge in [-0.3, -0.25) is 0 Å². The van der Waals surface area contributed by atoms with Gasteiger partial charge < -0.3 is 0 Å². The van der Waals surface area contributed by atoms with Gasteiger partial charge in [0.2, 0.25) is 0 Å². The van der Waals surface area contributed by atoms with Crippen LogP contribution in [-0.2, 0) is 0 Å². The summed E-state index contributed by atoms with van der Waals surface area (Å²) in [5.41, 5.74) is 0. The van der Waals surface area contributed by atoms with Crippen LogP contribution in [0.1, 0.15) is 40.0 Å². The minimum absolute atomic E-state index is 0.896. The molecule has 0 bridgehead atoms. The zero-order valence-electron chi connectivity index (χ0n) is 8.68. The van der Waals surface area contributed by atoms with Crippen LogP contribution in [0.4, 0.5) is 0 Å². The maximum absolute atomic E-state index is 2.35. The Morgan fingerprint density at radius 1 is 1.25 bits per heavy atom. The molecule has 1 aliphatic rings. The number of hydrogen-bond acceptors (Lipinski definition) is 1. The number of hydrogen-bond donors (Lipinski definition) is 0. The summed E-state index contributed by atoms with van der Waals surface area (Å²) in [6.45, 7) is 7.02. The van der Waals surface area contributed by atoms with E-state index in [9.17, 15) is 0 Å². The molecule has 12 heavy (non-hydrogen) atoms. The maximum Gasteiger partial charge on any atom is -0.00360 e. The lowest BCUT2D eigenvalue weighted by Gasteiger charge is -2.19. The quantitative estimate of drug-likeness (QED) is 0.643. The van der Waals surface area contributed by atoms with Crippen LogP contribution >= 0.6 is 11.8 Å². The molecular weight excluding hydrogens is 164 g/mol. The van der Waals surface area contributed by atoms with Gasteiger partial charge in [-0.05, 0) is 42.1 Å². The average molecular weight is 186 g/mol. The van der Waals surface area contributed by atoms with Crippen molar-refractivity contribution in [1.82, 2.24) is 0 Å². The molecule has 0 aromatic carbocycles. The lowest BCUT2D eigenvalue weighted by Crippen LogP contribution is -2.14. The molecule has 1 heteroatoms. The van der Waals surface area contributed by atoms with E-state index in [0.29, 0.717) is 0 Å². The highest BCUT2D eigenvalue weighted by Gasteiger charge is 2.27. The summed E-state index contributed by atoms with van der Waals surface area (Å²) < 4.78 is 0. The van der Waals surface area contributed by atoms with Crippen molar-refractivity contribution < 1.29 is 0 Å². The topological polar surface area (TPSA) is 0 Å². The van der Waals surface area contributed by atoms with E-state index in [4.69, 9.17) is 0 Å². The molecule has 0 amide bonds. The lowest BCUT2D eigenvalue weighted by atomic mass is 9.86. The first-order valence-corrected chi connectivity index (χ1v) is 6.47. The van der Waals surface area contributed by atoms with Gasteiger partial charge in [-0.1, -0.05) is 27.2 Å².